The van der Waals surface area contributed by atoms with E-state index in [1.807, 2.05) is 30.3 Å². The van der Waals surface area contributed by atoms with Crippen LogP contribution in [0, 0.1) is 11.8 Å². The van der Waals surface area contributed by atoms with E-state index < -0.39 is 0 Å². The number of ether oxygens (including phenoxy) is 1. The van der Waals surface area contributed by atoms with E-state index >= 15 is 0 Å². The van der Waals surface area contributed by atoms with Crippen LogP contribution in [0.5, 0.6) is 0 Å². The molecule has 1 aromatic rings. The SMILES string of the molecule is CC(C)NCCCOCC#Cc1ccccc1. The minimum absolute atomic E-state index is 0.510. The molecule has 0 amide bonds. The monoisotopic (exact) mass is 231 g/mol. The molecule has 0 aliphatic carbocycles. The Morgan fingerprint density at radius 3 is 2.71 bits per heavy atom. The van der Waals surface area contributed by atoms with Crippen LogP contribution in [0.4, 0.5) is 0 Å². The normalized spacial score (nSPS) is 10.1. The number of rotatable bonds is 6. The zero-order valence-electron chi connectivity index (χ0n) is 10.7. The Balaban J connectivity index is 2.03. The van der Waals surface area contributed by atoms with Crippen LogP contribution < -0.4 is 5.32 Å². The number of benzene rings is 1. The molecule has 0 radical (unpaired) electrons. The predicted octanol–water partition coefficient (Wildman–Crippen LogP) is 2.44. The first-order valence-electron chi connectivity index (χ1n) is 6.14. The van der Waals surface area contributed by atoms with Crippen molar-refractivity contribution in [1.29, 1.82) is 0 Å². The summed E-state index contributed by atoms with van der Waals surface area (Å²) in [7, 11) is 0. The number of nitrogens with one attached hydrogen (secondary N) is 1. The third kappa shape index (κ3) is 7.57. The Labute approximate surface area is 104 Å². The second-order valence-electron chi connectivity index (χ2n) is 4.18. The molecule has 0 unspecified atom stereocenters. The fraction of sp³-hybridized carbons (Fsp3) is 0.467. The van der Waals surface area contributed by atoms with Gasteiger partial charge in [0.15, 0.2) is 0 Å². The van der Waals surface area contributed by atoms with Crippen LogP contribution in [-0.2, 0) is 4.74 Å². The second kappa shape index (κ2) is 8.81. The Hall–Kier alpha value is -1.30. The van der Waals surface area contributed by atoms with Crippen molar-refractivity contribution in [3.05, 3.63) is 35.9 Å². The highest BCUT2D eigenvalue weighted by atomic mass is 16.5. The first-order valence-corrected chi connectivity index (χ1v) is 6.14. The van der Waals surface area contributed by atoms with Gasteiger partial charge in [-0.1, -0.05) is 43.9 Å². The van der Waals surface area contributed by atoms with E-state index in [4.69, 9.17) is 4.74 Å². The van der Waals surface area contributed by atoms with Gasteiger partial charge in [0.2, 0.25) is 0 Å². The lowest BCUT2D eigenvalue weighted by atomic mass is 10.2. The first-order chi connectivity index (χ1) is 8.29. The summed E-state index contributed by atoms with van der Waals surface area (Å²) in [6.07, 6.45) is 1.03. The van der Waals surface area contributed by atoms with Crippen LogP contribution in [-0.4, -0.2) is 25.8 Å². The molecule has 0 heterocycles. The summed E-state index contributed by atoms with van der Waals surface area (Å²) < 4.78 is 5.42. The summed E-state index contributed by atoms with van der Waals surface area (Å²) in [5.41, 5.74) is 1.04. The maximum atomic E-state index is 5.42. The van der Waals surface area contributed by atoms with Crippen LogP contribution in [0.1, 0.15) is 25.8 Å². The van der Waals surface area contributed by atoms with E-state index in [0.717, 1.165) is 25.1 Å². The molecule has 0 saturated carbocycles. The van der Waals surface area contributed by atoms with Crippen molar-refractivity contribution in [2.75, 3.05) is 19.8 Å². The average molecular weight is 231 g/mol. The van der Waals surface area contributed by atoms with Gasteiger partial charge in [0, 0.05) is 18.2 Å². The van der Waals surface area contributed by atoms with Crippen molar-refractivity contribution in [1.82, 2.24) is 5.32 Å². The van der Waals surface area contributed by atoms with Gasteiger partial charge in [-0.05, 0) is 25.1 Å². The molecule has 0 atom stereocenters. The zero-order chi connectivity index (χ0) is 12.3. The van der Waals surface area contributed by atoms with E-state index in [0.29, 0.717) is 12.6 Å². The van der Waals surface area contributed by atoms with Crippen LogP contribution in [0.2, 0.25) is 0 Å². The van der Waals surface area contributed by atoms with Crippen molar-refractivity contribution in [2.24, 2.45) is 0 Å². The van der Waals surface area contributed by atoms with E-state index in [1.165, 1.54) is 0 Å². The largest absolute Gasteiger partial charge is 0.369 e. The van der Waals surface area contributed by atoms with E-state index in [1.54, 1.807) is 0 Å². The molecule has 0 spiro atoms. The zero-order valence-corrected chi connectivity index (χ0v) is 10.7. The Kier molecular flexibility index (Phi) is 7.13. The molecule has 0 fully saturated rings. The Morgan fingerprint density at radius 2 is 2.00 bits per heavy atom. The van der Waals surface area contributed by atoms with Crippen molar-refractivity contribution in [3.8, 4) is 11.8 Å². The highest BCUT2D eigenvalue weighted by Gasteiger charge is 1.91. The van der Waals surface area contributed by atoms with Gasteiger partial charge in [-0.15, -0.1) is 0 Å². The Morgan fingerprint density at radius 1 is 1.24 bits per heavy atom. The molecule has 0 bridgehead atoms. The summed E-state index contributed by atoms with van der Waals surface area (Å²) in [5, 5.41) is 3.35. The smallest absolute Gasteiger partial charge is 0.108 e. The standard InChI is InChI=1S/C15H21NO/c1-14(2)16-11-7-13-17-12-6-10-15-8-4-3-5-9-15/h3-5,8-9,14,16H,7,11-13H2,1-2H3. The fourth-order valence-electron chi connectivity index (χ4n) is 1.35. The highest BCUT2D eigenvalue weighted by molar-refractivity contribution is 5.33. The van der Waals surface area contributed by atoms with Gasteiger partial charge in [-0.3, -0.25) is 0 Å². The van der Waals surface area contributed by atoms with Gasteiger partial charge in [-0.2, -0.15) is 0 Å². The summed E-state index contributed by atoms with van der Waals surface area (Å²) in [6.45, 7) is 6.57. The fourth-order valence-corrected chi connectivity index (χ4v) is 1.35. The van der Waals surface area contributed by atoms with E-state index in [9.17, 15) is 0 Å². The molecule has 1 rings (SSSR count). The minimum atomic E-state index is 0.510. The van der Waals surface area contributed by atoms with Crippen molar-refractivity contribution < 1.29 is 4.74 Å². The maximum Gasteiger partial charge on any atom is 0.108 e. The quantitative estimate of drug-likeness (QED) is 0.600. The van der Waals surface area contributed by atoms with E-state index in [-0.39, 0.29) is 0 Å². The van der Waals surface area contributed by atoms with Crippen molar-refractivity contribution >= 4 is 0 Å². The summed E-state index contributed by atoms with van der Waals surface area (Å²) in [5.74, 6) is 6.07. The molecular formula is C15H21NO. The minimum Gasteiger partial charge on any atom is -0.369 e. The molecule has 0 saturated heterocycles. The van der Waals surface area contributed by atoms with Crippen LogP contribution in [0.15, 0.2) is 30.3 Å². The predicted molar refractivity (Wildman–Crippen MR) is 71.9 cm³/mol. The van der Waals surface area contributed by atoms with Gasteiger partial charge in [-0.25, -0.2) is 0 Å². The van der Waals surface area contributed by atoms with Gasteiger partial charge in [0.25, 0.3) is 0 Å². The highest BCUT2D eigenvalue weighted by Crippen LogP contribution is 1.94. The van der Waals surface area contributed by atoms with Gasteiger partial charge < -0.3 is 10.1 Å². The molecule has 1 aromatic carbocycles. The molecule has 0 aliphatic rings. The van der Waals surface area contributed by atoms with Crippen LogP contribution in [0.25, 0.3) is 0 Å². The van der Waals surface area contributed by atoms with Crippen molar-refractivity contribution in [3.63, 3.8) is 0 Å². The lowest BCUT2D eigenvalue weighted by Gasteiger charge is -2.06. The van der Waals surface area contributed by atoms with Crippen molar-refractivity contribution in [2.45, 2.75) is 26.3 Å². The number of hydrogen-bond acceptors (Lipinski definition) is 2. The van der Waals surface area contributed by atoms with Gasteiger partial charge >= 0.3 is 0 Å². The van der Waals surface area contributed by atoms with E-state index in [2.05, 4.69) is 31.0 Å². The maximum absolute atomic E-state index is 5.42. The topological polar surface area (TPSA) is 21.3 Å². The molecule has 1 N–H and O–H groups in total. The van der Waals surface area contributed by atoms with Gasteiger partial charge in [0.05, 0.1) is 0 Å². The molecule has 0 aromatic heterocycles. The van der Waals surface area contributed by atoms with Crippen LogP contribution in [0.3, 0.4) is 0 Å². The molecule has 0 aliphatic heterocycles. The number of hydrogen-bond donors (Lipinski definition) is 1. The Bertz CT molecular complexity index is 348. The first kappa shape index (κ1) is 13.8. The molecular weight excluding hydrogens is 210 g/mol. The van der Waals surface area contributed by atoms with Crippen LogP contribution >= 0.6 is 0 Å². The molecule has 92 valence electrons. The van der Waals surface area contributed by atoms with Gasteiger partial charge in [0.1, 0.15) is 6.61 Å². The molecule has 17 heavy (non-hydrogen) atoms. The molecule has 2 heteroatoms. The molecule has 2 nitrogen and oxygen atoms in total. The third-order valence-electron chi connectivity index (χ3n) is 2.20. The summed E-state index contributed by atoms with van der Waals surface area (Å²) >= 11 is 0. The summed E-state index contributed by atoms with van der Waals surface area (Å²) in [4.78, 5) is 0. The summed E-state index contributed by atoms with van der Waals surface area (Å²) in [6, 6.07) is 10.5. The average Bonchev–Trinajstić information content (AvgIpc) is 2.33. The third-order valence-corrected chi connectivity index (χ3v) is 2.20. The second-order valence-corrected chi connectivity index (χ2v) is 4.18. The lowest BCUT2D eigenvalue weighted by molar-refractivity contribution is 0.163. The lowest BCUT2D eigenvalue weighted by Crippen LogP contribution is -2.24.